The van der Waals surface area contributed by atoms with Crippen LogP contribution < -0.4 is 4.79 Å². The van der Waals surface area contributed by atoms with E-state index in [-0.39, 0.29) is 0 Å². The van der Waals surface area contributed by atoms with Crippen LogP contribution in [0.1, 0.15) is 0 Å². The number of alkyl halides is 3. The Morgan fingerprint density at radius 2 is 1.20 bits per heavy atom. The van der Waals surface area contributed by atoms with Gasteiger partial charge in [0, 0.05) is 16.9 Å². The Hall–Kier alpha value is -1.44. The normalized spacial score (nSPS) is 11.7. The Morgan fingerprint density at radius 3 is 1.30 bits per heavy atom. The fourth-order valence-electron chi connectivity index (χ4n) is 0.378. The van der Waals surface area contributed by atoms with E-state index in [1.807, 2.05) is 0 Å². The summed E-state index contributed by atoms with van der Waals surface area (Å²) in [5, 5.41) is 0. The van der Waals surface area contributed by atoms with Crippen LogP contribution in [0, 0.1) is 0 Å². The van der Waals surface area contributed by atoms with Gasteiger partial charge in [0.2, 0.25) is 12.4 Å². The Labute approximate surface area is 107 Å². The smallest absolute Gasteiger partial charge is 0.418 e. The lowest BCUT2D eigenvalue weighted by molar-refractivity contribution is -0.843. The van der Waals surface area contributed by atoms with E-state index >= 15 is 0 Å². The second-order valence-electron chi connectivity index (χ2n) is 2.64. The van der Waals surface area contributed by atoms with Gasteiger partial charge in [0.15, 0.2) is 0 Å². The summed E-state index contributed by atoms with van der Waals surface area (Å²) in [5.41, 5.74) is -5.53. The highest BCUT2D eigenvalue weighted by atomic mass is 32.2. The Morgan fingerprint density at radius 1 is 0.950 bits per heavy atom. The average Bonchev–Trinajstić information content (AvgIpc) is 2.13. The number of aromatic nitrogens is 1. The zero-order chi connectivity index (χ0) is 16.6. The molecule has 0 bridgehead atoms. The average molecular weight is 335 g/mol. The first-order valence-corrected chi connectivity index (χ1v) is 5.62. The minimum atomic E-state index is -6.00. The van der Waals surface area contributed by atoms with Gasteiger partial charge in [0.05, 0.1) is 4.48 Å². The van der Waals surface area contributed by atoms with Gasteiger partial charge in [-0.05, 0) is 0 Å². The summed E-state index contributed by atoms with van der Waals surface area (Å²) < 4.78 is 108. The third-order valence-corrected chi connectivity index (χ3v) is 1.56. The van der Waals surface area contributed by atoms with Crippen molar-refractivity contribution in [1.82, 2.24) is 0 Å². The molecule has 0 radical (unpaired) electrons. The molecule has 0 aromatic carbocycles. The summed E-state index contributed by atoms with van der Waals surface area (Å²) in [6.07, 6.45) is 2.67. The van der Waals surface area contributed by atoms with Crippen LogP contribution >= 0.6 is 0 Å². The van der Waals surface area contributed by atoms with Crippen molar-refractivity contribution in [3.8, 4) is 0 Å². The molecule has 0 saturated heterocycles. The summed E-state index contributed by atoms with van der Waals surface area (Å²) in [5.74, 6) is 0. The van der Waals surface area contributed by atoms with Crippen molar-refractivity contribution < 1.29 is 52.7 Å². The van der Waals surface area contributed by atoms with E-state index in [4.69, 9.17) is 13.0 Å². The Bertz CT molecular complexity index is 467. The molecule has 0 fully saturated rings. The molecule has 1 aromatic rings. The van der Waals surface area contributed by atoms with Crippen LogP contribution in [-0.4, -0.2) is 25.7 Å². The van der Waals surface area contributed by atoms with Gasteiger partial charge in [-0.25, -0.2) is 0 Å². The van der Waals surface area contributed by atoms with E-state index in [1.54, 1.807) is 18.2 Å². The minimum Gasteiger partial charge on any atom is -0.418 e. The molecule has 0 unspecified atom stereocenters. The van der Waals surface area contributed by atoms with E-state index in [2.05, 4.69) is 0 Å². The summed E-state index contributed by atoms with van der Waals surface area (Å²) >= 11 is 0. The molecule has 0 amide bonds. The van der Waals surface area contributed by atoms with Gasteiger partial charge in [-0.1, -0.05) is 6.07 Å². The van der Waals surface area contributed by atoms with Gasteiger partial charge in [0.1, 0.15) is 0 Å². The maximum absolute atomic E-state index is 11.8. The lowest BCUT2D eigenvalue weighted by Gasteiger charge is -1.97. The molecule has 1 aromatic heterocycles. The van der Waals surface area contributed by atoms with Gasteiger partial charge in [0.25, 0.3) is 0 Å². The molecule has 4 nitrogen and oxygen atoms in total. The van der Waals surface area contributed by atoms with E-state index in [9.17, 15) is 34.9 Å². The summed E-state index contributed by atoms with van der Waals surface area (Å²) in [7, 11) is -11.8. The minimum absolute atomic E-state index is 0.500. The number of hydrogen-bond acceptors (Lipinski definition) is 2. The van der Waals surface area contributed by atoms with Crippen LogP contribution in [0.5, 0.6) is 0 Å². The lowest BCUT2D eigenvalue weighted by Crippen LogP contribution is -2.21. The van der Waals surface area contributed by atoms with Crippen LogP contribution in [0.15, 0.2) is 30.6 Å². The van der Waals surface area contributed by atoms with Gasteiger partial charge >= 0.3 is 22.9 Å². The highest BCUT2D eigenvalue weighted by molar-refractivity contribution is 7.86. The molecular weight excluding hydrogens is 329 g/mol. The van der Waals surface area contributed by atoms with E-state index in [1.165, 1.54) is 12.4 Å². The molecule has 20 heavy (non-hydrogen) atoms. The standard InChI is InChI=1S/C5H5FN.CHF3O3S.BF4/c6-7-4-2-1-3-5-7;2-1(3,4)8(5,6)7;2-1(3,4)5/h1-5H;(H,5,6,7);/q+1;;-1. The SMILES string of the molecule is F[B-](F)(F)F.F[n+]1ccccc1.O=S(=O)(O)C(F)(F)F. The number of hydrogen-bond donors (Lipinski definition) is 1. The van der Waals surface area contributed by atoms with Crippen molar-refractivity contribution in [3.63, 3.8) is 0 Å². The van der Waals surface area contributed by atoms with Crippen LogP contribution in [0.25, 0.3) is 0 Å². The van der Waals surface area contributed by atoms with Crippen molar-refractivity contribution in [2.75, 3.05) is 0 Å². The fourth-order valence-corrected chi connectivity index (χ4v) is 0.378. The van der Waals surface area contributed by atoms with Gasteiger partial charge in [-0.15, -0.1) is 0 Å². The second-order valence-corrected chi connectivity index (χ2v) is 4.05. The predicted molar refractivity (Wildman–Crippen MR) is 50.9 cm³/mol. The first-order chi connectivity index (χ1) is 8.64. The first kappa shape index (κ1) is 20.9. The van der Waals surface area contributed by atoms with Crippen LogP contribution in [0.4, 0.5) is 34.9 Å². The zero-order valence-corrected chi connectivity index (χ0v) is 9.92. The molecule has 0 saturated carbocycles. The maximum atomic E-state index is 11.8. The summed E-state index contributed by atoms with van der Waals surface area (Å²) in [4.78, 5) is 0.500. The topological polar surface area (TPSA) is 58.2 Å². The molecule has 1 rings (SSSR count). The number of rotatable bonds is 0. The molecule has 0 aliphatic carbocycles. The Kier molecular flexibility index (Phi) is 8.34. The molecule has 0 aliphatic heterocycles. The van der Waals surface area contributed by atoms with Crippen molar-refractivity contribution in [3.05, 3.63) is 30.6 Å². The van der Waals surface area contributed by atoms with Crippen LogP contribution in [0.2, 0.25) is 0 Å². The van der Waals surface area contributed by atoms with E-state index in [0.717, 1.165) is 0 Å². The van der Waals surface area contributed by atoms with Crippen LogP contribution in [0.3, 0.4) is 0 Å². The first-order valence-electron chi connectivity index (χ1n) is 4.18. The monoisotopic (exact) mass is 335 g/mol. The molecule has 14 heteroatoms. The molecule has 1 heterocycles. The van der Waals surface area contributed by atoms with Crippen molar-refractivity contribution in [2.24, 2.45) is 0 Å². The highest BCUT2D eigenvalue weighted by Gasteiger charge is 2.44. The molecule has 1 N–H and O–H groups in total. The maximum Gasteiger partial charge on any atom is 0.673 e. The predicted octanol–water partition coefficient (Wildman–Crippen LogP) is 2.40. The zero-order valence-electron chi connectivity index (χ0n) is 9.11. The molecular formula is C6H6BF8NO3S. The number of halogens is 8. The molecule has 118 valence electrons. The largest absolute Gasteiger partial charge is 0.673 e. The molecule has 0 aliphatic rings. The summed E-state index contributed by atoms with van der Waals surface area (Å²) in [6.45, 7) is 0. The molecule has 0 atom stereocenters. The van der Waals surface area contributed by atoms with Crippen molar-refractivity contribution in [2.45, 2.75) is 5.51 Å². The van der Waals surface area contributed by atoms with E-state index < -0.39 is 22.9 Å². The lowest BCUT2D eigenvalue weighted by atomic mass is 10.3. The van der Waals surface area contributed by atoms with Gasteiger partial charge in [-0.3, -0.25) is 4.55 Å². The van der Waals surface area contributed by atoms with Crippen molar-refractivity contribution >= 4 is 17.4 Å². The third kappa shape index (κ3) is 16.6. The summed E-state index contributed by atoms with van der Waals surface area (Å²) in [6, 6.07) is 5.01. The quantitative estimate of drug-likeness (QED) is 0.343. The van der Waals surface area contributed by atoms with Gasteiger partial charge in [-0.2, -0.15) is 21.6 Å². The fraction of sp³-hybridized carbons (Fsp3) is 0.167. The third-order valence-electron chi connectivity index (χ3n) is 0.972. The van der Waals surface area contributed by atoms with E-state index in [0.29, 0.717) is 4.79 Å². The highest BCUT2D eigenvalue weighted by Crippen LogP contribution is 2.20. The molecule has 0 spiro atoms. The van der Waals surface area contributed by atoms with Gasteiger partial charge < -0.3 is 17.3 Å². The second kappa shape index (κ2) is 7.99. The van der Waals surface area contributed by atoms with Crippen LogP contribution in [-0.2, 0) is 10.1 Å². The number of nitrogens with zero attached hydrogens (tertiary/aromatic N) is 1. The van der Waals surface area contributed by atoms with Crippen molar-refractivity contribution in [1.29, 1.82) is 0 Å². The number of pyridine rings is 1. The Balaban J connectivity index is 0.